The third-order valence-electron chi connectivity index (χ3n) is 3.02. The molecule has 17 heavy (non-hydrogen) atoms. The van der Waals surface area contributed by atoms with Gasteiger partial charge in [-0.15, -0.1) is 12.3 Å². The van der Waals surface area contributed by atoms with E-state index in [1.807, 2.05) is 20.8 Å². The standard InChI is InChI=1S/C13H22N2O2/c1-5-7-13(10-14)8-6-9-15(13)11(16)17-12(2,3)4/h1H,6-10,14H2,2-4H3. The lowest BCUT2D eigenvalue weighted by molar-refractivity contribution is 0.00987. The number of amides is 1. The second-order valence-electron chi connectivity index (χ2n) is 5.54. The number of terminal acetylenes is 1. The first-order valence-electron chi connectivity index (χ1n) is 5.99. The minimum Gasteiger partial charge on any atom is -0.444 e. The molecular weight excluding hydrogens is 216 g/mol. The molecule has 1 rings (SSSR count). The van der Waals surface area contributed by atoms with Gasteiger partial charge in [0.15, 0.2) is 0 Å². The number of ether oxygens (including phenoxy) is 1. The Morgan fingerprint density at radius 2 is 2.24 bits per heavy atom. The Kier molecular flexibility index (Phi) is 4.05. The van der Waals surface area contributed by atoms with E-state index < -0.39 is 11.1 Å². The number of carbonyl (C=O) groups is 1. The maximum Gasteiger partial charge on any atom is 0.410 e. The highest BCUT2D eigenvalue weighted by molar-refractivity contribution is 5.70. The minimum absolute atomic E-state index is 0.310. The maximum atomic E-state index is 12.1. The fourth-order valence-electron chi connectivity index (χ4n) is 2.20. The van der Waals surface area contributed by atoms with Crippen molar-refractivity contribution in [3.8, 4) is 12.3 Å². The molecule has 1 aliphatic heterocycles. The number of rotatable bonds is 2. The second kappa shape index (κ2) is 4.97. The van der Waals surface area contributed by atoms with E-state index in [4.69, 9.17) is 16.9 Å². The molecule has 1 atom stereocenters. The molecule has 0 aliphatic carbocycles. The SMILES string of the molecule is C#CCC1(CN)CCCN1C(=O)OC(C)(C)C. The molecule has 4 nitrogen and oxygen atoms in total. The minimum atomic E-state index is -0.490. The zero-order chi connectivity index (χ0) is 13.1. The number of nitrogens with two attached hydrogens (primary N) is 1. The summed E-state index contributed by atoms with van der Waals surface area (Å²) in [5.41, 5.74) is 4.91. The highest BCUT2D eigenvalue weighted by atomic mass is 16.6. The van der Waals surface area contributed by atoms with Crippen LogP contribution in [0, 0.1) is 12.3 Å². The second-order valence-corrected chi connectivity index (χ2v) is 5.54. The first-order chi connectivity index (χ1) is 7.84. The van der Waals surface area contributed by atoms with E-state index >= 15 is 0 Å². The Hall–Kier alpha value is -1.21. The molecule has 0 aromatic carbocycles. The van der Waals surface area contributed by atoms with E-state index in [-0.39, 0.29) is 6.09 Å². The van der Waals surface area contributed by atoms with Crippen LogP contribution in [0.5, 0.6) is 0 Å². The molecule has 1 saturated heterocycles. The van der Waals surface area contributed by atoms with E-state index in [2.05, 4.69) is 5.92 Å². The lowest BCUT2D eigenvalue weighted by atomic mass is 9.93. The van der Waals surface area contributed by atoms with Gasteiger partial charge >= 0.3 is 6.09 Å². The van der Waals surface area contributed by atoms with Crippen molar-refractivity contribution in [1.29, 1.82) is 0 Å². The van der Waals surface area contributed by atoms with Gasteiger partial charge in [-0.3, -0.25) is 0 Å². The Bertz CT molecular complexity index is 327. The van der Waals surface area contributed by atoms with Crippen LogP contribution in [-0.4, -0.2) is 35.2 Å². The average molecular weight is 238 g/mol. The molecule has 0 bridgehead atoms. The molecule has 0 saturated carbocycles. The van der Waals surface area contributed by atoms with Crippen LogP contribution in [0.2, 0.25) is 0 Å². The predicted octanol–water partition coefficient (Wildman–Crippen LogP) is 1.74. The first-order valence-corrected chi connectivity index (χ1v) is 5.99. The molecule has 0 spiro atoms. The number of hydrogen-bond acceptors (Lipinski definition) is 3. The van der Waals surface area contributed by atoms with E-state index in [1.165, 1.54) is 0 Å². The van der Waals surface area contributed by atoms with Crippen molar-refractivity contribution in [1.82, 2.24) is 4.90 Å². The van der Waals surface area contributed by atoms with Crippen LogP contribution in [0.15, 0.2) is 0 Å². The van der Waals surface area contributed by atoms with Crippen molar-refractivity contribution < 1.29 is 9.53 Å². The summed E-state index contributed by atoms with van der Waals surface area (Å²) in [6.07, 6.45) is 7.34. The zero-order valence-corrected chi connectivity index (χ0v) is 11.0. The Labute approximate surface area is 103 Å². The molecule has 4 heteroatoms. The van der Waals surface area contributed by atoms with Gasteiger partial charge in [0.2, 0.25) is 0 Å². The van der Waals surface area contributed by atoms with Gasteiger partial charge in [-0.1, -0.05) is 0 Å². The summed E-state index contributed by atoms with van der Waals surface area (Å²) in [4.78, 5) is 13.8. The quantitative estimate of drug-likeness (QED) is 0.745. The first kappa shape index (κ1) is 13.9. The van der Waals surface area contributed by atoms with Crippen LogP contribution in [-0.2, 0) is 4.74 Å². The van der Waals surface area contributed by atoms with Crippen LogP contribution < -0.4 is 5.73 Å². The van der Waals surface area contributed by atoms with Crippen molar-refractivity contribution in [2.75, 3.05) is 13.1 Å². The highest BCUT2D eigenvalue weighted by Gasteiger charge is 2.43. The molecule has 1 heterocycles. The average Bonchev–Trinajstić information content (AvgIpc) is 2.60. The summed E-state index contributed by atoms with van der Waals surface area (Å²) in [6.45, 7) is 6.62. The van der Waals surface area contributed by atoms with Crippen molar-refractivity contribution in [3.05, 3.63) is 0 Å². The van der Waals surface area contributed by atoms with Gasteiger partial charge in [-0.25, -0.2) is 4.79 Å². The van der Waals surface area contributed by atoms with Gasteiger partial charge in [-0.2, -0.15) is 0 Å². The largest absolute Gasteiger partial charge is 0.444 e. The Balaban J connectivity index is 2.82. The molecular formula is C13H22N2O2. The predicted molar refractivity (Wildman–Crippen MR) is 67.4 cm³/mol. The zero-order valence-electron chi connectivity index (χ0n) is 11.0. The van der Waals surface area contributed by atoms with Crippen molar-refractivity contribution >= 4 is 6.09 Å². The summed E-state index contributed by atoms with van der Waals surface area (Å²) in [5, 5.41) is 0. The summed E-state index contributed by atoms with van der Waals surface area (Å²) < 4.78 is 5.39. The Morgan fingerprint density at radius 1 is 1.59 bits per heavy atom. The molecule has 1 fully saturated rings. The van der Waals surface area contributed by atoms with Crippen molar-refractivity contribution in [3.63, 3.8) is 0 Å². The van der Waals surface area contributed by atoms with Crippen molar-refractivity contribution in [2.45, 2.75) is 51.2 Å². The van der Waals surface area contributed by atoms with Crippen LogP contribution in [0.25, 0.3) is 0 Å². The molecule has 0 radical (unpaired) electrons. The summed E-state index contributed by atoms with van der Waals surface area (Å²) >= 11 is 0. The number of likely N-dealkylation sites (tertiary alicyclic amines) is 1. The maximum absolute atomic E-state index is 12.1. The van der Waals surface area contributed by atoms with E-state index in [1.54, 1.807) is 4.90 Å². The van der Waals surface area contributed by atoms with Crippen molar-refractivity contribution in [2.24, 2.45) is 5.73 Å². The van der Waals surface area contributed by atoms with E-state index in [0.29, 0.717) is 19.5 Å². The number of carbonyl (C=O) groups excluding carboxylic acids is 1. The van der Waals surface area contributed by atoms with E-state index in [9.17, 15) is 4.79 Å². The van der Waals surface area contributed by atoms with E-state index in [0.717, 1.165) is 12.8 Å². The van der Waals surface area contributed by atoms with Gasteiger partial charge in [0.25, 0.3) is 0 Å². The lowest BCUT2D eigenvalue weighted by Crippen LogP contribution is -2.53. The van der Waals surface area contributed by atoms with Gasteiger partial charge in [-0.05, 0) is 33.6 Å². The topological polar surface area (TPSA) is 55.6 Å². The monoisotopic (exact) mass is 238 g/mol. The molecule has 2 N–H and O–H groups in total. The summed E-state index contributed by atoms with van der Waals surface area (Å²) in [7, 11) is 0. The normalized spacial score (nSPS) is 24.5. The van der Waals surface area contributed by atoms with Gasteiger partial charge in [0, 0.05) is 19.5 Å². The number of nitrogens with zero attached hydrogens (tertiary/aromatic N) is 1. The summed E-state index contributed by atoms with van der Waals surface area (Å²) in [5.74, 6) is 2.62. The third-order valence-corrected chi connectivity index (χ3v) is 3.02. The summed E-state index contributed by atoms with van der Waals surface area (Å²) in [6, 6.07) is 0. The number of hydrogen-bond donors (Lipinski definition) is 1. The lowest BCUT2D eigenvalue weighted by Gasteiger charge is -2.37. The Morgan fingerprint density at radius 3 is 2.71 bits per heavy atom. The molecule has 96 valence electrons. The van der Waals surface area contributed by atoms with Gasteiger partial charge < -0.3 is 15.4 Å². The fraction of sp³-hybridized carbons (Fsp3) is 0.769. The van der Waals surface area contributed by atoms with Gasteiger partial charge in [0.05, 0.1) is 5.54 Å². The molecule has 0 aromatic heterocycles. The third kappa shape index (κ3) is 3.13. The van der Waals surface area contributed by atoms with Crippen LogP contribution in [0.4, 0.5) is 4.79 Å². The smallest absolute Gasteiger partial charge is 0.410 e. The van der Waals surface area contributed by atoms with Crippen LogP contribution in [0.1, 0.15) is 40.0 Å². The van der Waals surface area contributed by atoms with Gasteiger partial charge in [0.1, 0.15) is 5.60 Å². The molecule has 1 unspecified atom stereocenters. The molecule has 1 amide bonds. The molecule has 1 aliphatic rings. The fourth-order valence-corrected chi connectivity index (χ4v) is 2.20. The highest BCUT2D eigenvalue weighted by Crippen LogP contribution is 2.32. The van der Waals surface area contributed by atoms with Crippen LogP contribution >= 0.6 is 0 Å². The van der Waals surface area contributed by atoms with Crippen LogP contribution in [0.3, 0.4) is 0 Å². The molecule has 0 aromatic rings.